The van der Waals surface area contributed by atoms with Gasteiger partial charge in [0, 0.05) is 29.6 Å². The number of nitrogens with zero attached hydrogens (tertiary/aromatic N) is 1. The van der Waals surface area contributed by atoms with Crippen molar-refractivity contribution in [2.24, 2.45) is 7.05 Å². The zero-order chi connectivity index (χ0) is 20.7. The number of ether oxygens (including phenoxy) is 1. The van der Waals surface area contributed by atoms with Crippen LogP contribution in [0.3, 0.4) is 0 Å². The topological polar surface area (TPSA) is 31.2 Å². The average molecular weight is 378 g/mol. The smallest absolute Gasteiger partial charge is 0.193 e. The Kier molecular flexibility index (Phi) is 7.62. The van der Waals surface area contributed by atoms with Crippen molar-refractivity contribution in [1.29, 1.82) is 0 Å². The van der Waals surface area contributed by atoms with Gasteiger partial charge in [0.1, 0.15) is 11.5 Å². The number of allylic oxidation sites excluding steroid dienone is 3. The molecular weight excluding hydrogens is 346 g/mol. The van der Waals surface area contributed by atoms with Crippen LogP contribution in [0.1, 0.15) is 43.6 Å². The summed E-state index contributed by atoms with van der Waals surface area (Å²) in [5.41, 5.74) is 5.11. The number of rotatable bonds is 5. The fourth-order valence-corrected chi connectivity index (χ4v) is 3.62. The minimum atomic E-state index is 0.183. The van der Waals surface area contributed by atoms with E-state index in [4.69, 9.17) is 4.74 Å². The van der Waals surface area contributed by atoms with E-state index in [2.05, 4.69) is 24.8 Å². The maximum Gasteiger partial charge on any atom is 0.193 e. The predicted octanol–water partition coefficient (Wildman–Crippen LogP) is 5.90. The van der Waals surface area contributed by atoms with Crippen molar-refractivity contribution in [3.05, 3.63) is 88.6 Å². The SMILES string of the molecule is C=C/C=C(\C=C)Oc1ccc(-c2c(C)n(C)c3c(c2=O)CCCC3)cc1.CC. The molecular formula is C25H31NO2. The van der Waals surface area contributed by atoms with Crippen molar-refractivity contribution in [1.82, 2.24) is 4.57 Å². The van der Waals surface area contributed by atoms with Crippen LogP contribution in [0.5, 0.6) is 5.75 Å². The average Bonchev–Trinajstić information content (AvgIpc) is 2.74. The molecule has 0 radical (unpaired) electrons. The maximum atomic E-state index is 13.1. The molecule has 0 N–H and O–H groups in total. The molecule has 148 valence electrons. The van der Waals surface area contributed by atoms with Gasteiger partial charge < -0.3 is 9.30 Å². The molecule has 0 saturated carbocycles. The molecule has 0 atom stereocenters. The Hall–Kier alpha value is -2.81. The van der Waals surface area contributed by atoms with Gasteiger partial charge in [-0.3, -0.25) is 4.79 Å². The molecule has 0 spiro atoms. The standard InChI is InChI=1S/C23H25NO2.C2H6/c1-5-9-18(6-2)26-19-14-12-17(13-15-19)22-16(3)24(4)21-11-8-7-10-20(21)23(22)25;1-2/h5-6,9,12-15H,1-2,7-8,10-11H2,3-4H3;1-2H3/b18-9+;. The van der Waals surface area contributed by atoms with Crippen molar-refractivity contribution in [2.75, 3.05) is 0 Å². The summed E-state index contributed by atoms with van der Waals surface area (Å²) in [6.45, 7) is 13.4. The number of hydrogen-bond acceptors (Lipinski definition) is 2. The van der Waals surface area contributed by atoms with E-state index >= 15 is 0 Å². The molecule has 0 aliphatic heterocycles. The van der Waals surface area contributed by atoms with E-state index in [1.165, 1.54) is 5.69 Å². The van der Waals surface area contributed by atoms with Crippen molar-refractivity contribution in [2.45, 2.75) is 46.5 Å². The largest absolute Gasteiger partial charge is 0.457 e. The minimum absolute atomic E-state index is 0.183. The van der Waals surface area contributed by atoms with E-state index < -0.39 is 0 Å². The van der Waals surface area contributed by atoms with Crippen LogP contribution in [0.2, 0.25) is 0 Å². The molecule has 3 nitrogen and oxygen atoms in total. The van der Waals surface area contributed by atoms with Crippen LogP contribution in [0.4, 0.5) is 0 Å². The van der Waals surface area contributed by atoms with Gasteiger partial charge in [-0.15, -0.1) is 0 Å². The van der Waals surface area contributed by atoms with Crippen LogP contribution in [-0.2, 0) is 19.9 Å². The van der Waals surface area contributed by atoms with Gasteiger partial charge in [0.2, 0.25) is 0 Å². The lowest BCUT2D eigenvalue weighted by Crippen LogP contribution is -2.25. The van der Waals surface area contributed by atoms with Crippen molar-refractivity contribution >= 4 is 0 Å². The molecule has 1 aliphatic carbocycles. The predicted molar refractivity (Wildman–Crippen MR) is 119 cm³/mol. The van der Waals surface area contributed by atoms with E-state index in [1.54, 1.807) is 18.2 Å². The normalized spacial score (nSPS) is 13.1. The Morgan fingerprint density at radius 3 is 2.36 bits per heavy atom. The Balaban J connectivity index is 0.00000136. The number of hydrogen-bond donors (Lipinski definition) is 0. The zero-order valence-corrected chi connectivity index (χ0v) is 17.5. The summed E-state index contributed by atoms with van der Waals surface area (Å²) in [5, 5.41) is 0. The zero-order valence-electron chi connectivity index (χ0n) is 17.5. The second-order valence-electron chi connectivity index (χ2n) is 6.62. The molecule has 3 rings (SSSR count). The van der Waals surface area contributed by atoms with Crippen LogP contribution in [0.15, 0.2) is 66.2 Å². The molecule has 0 unspecified atom stereocenters. The molecule has 0 fully saturated rings. The van der Waals surface area contributed by atoms with Crippen LogP contribution in [0, 0.1) is 6.92 Å². The molecule has 1 aromatic carbocycles. The highest BCUT2D eigenvalue weighted by atomic mass is 16.5. The summed E-state index contributed by atoms with van der Waals surface area (Å²) in [6.07, 6.45) is 9.18. The summed E-state index contributed by atoms with van der Waals surface area (Å²) in [5.74, 6) is 1.34. The van der Waals surface area contributed by atoms with Crippen molar-refractivity contribution in [3.8, 4) is 16.9 Å². The fourth-order valence-electron chi connectivity index (χ4n) is 3.62. The highest BCUT2D eigenvalue weighted by molar-refractivity contribution is 5.68. The molecule has 28 heavy (non-hydrogen) atoms. The van der Waals surface area contributed by atoms with E-state index in [-0.39, 0.29) is 5.43 Å². The number of pyridine rings is 1. The molecule has 3 heteroatoms. The van der Waals surface area contributed by atoms with Gasteiger partial charge in [-0.1, -0.05) is 45.2 Å². The molecule has 0 saturated heterocycles. The monoisotopic (exact) mass is 377 g/mol. The molecule has 0 amide bonds. The first-order valence-electron chi connectivity index (χ1n) is 10.0. The molecule has 1 aliphatic rings. The Bertz CT molecular complexity index is 931. The van der Waals surface area contributed by atoms with Gasteiger partial charge in [0.15, 0.2) is 5.43 Å². The van der Waals surface area contributed by atoms with E-state index in [9.17, 15) is 4.79 Å². The van der Waals surface area contributed by atoms with Gasteiger partial charge in [-0.05, 0) is 62.5 Å². The lowest BCUT2D eigenvalue weighted by atomic mass is 9.91. The van der Waals surface area contributed by atoms with Crippen LogP contribution in [-0.4, -0.2) is 4.57 Å². The second kappa shape index (κ2) is 9.93. The molecule has 1 heterocycles. The van der Waals surface area contributed by atoms with E-state index in [0.29, 0.717) is 11.5 Å². The highest BCUT2D eigenvalue weighted by Crippen LogP contribution is 2.27. The van der Waals surface area contributed by atoms with Gasteiger partial charge in [-0.25, -0.2) is 0 Å². The third kappa shape index (κ3) is 4.36. The lowest BCUT2D eigenvalue weighted by molar-refractivity contribution is 0.445. The maximum absolute atomic E-state index is 13.1. The molecule has 1 aromatic heterocycles. The minimum Gasteiger partial charge on any atom is -0.457 e. The molecule has 0 bridgehead atoms. The third-order valence-electron chi connectivity index (χ3n) is 5.07. The summed E-state index contributed by atoms with van der Waals surface area (Å²) >= 11 is 0. The number of benzene rings is 1. The first kappa shape index (κ1) is 21.5. The lowest BCUT2D eigenvalue weighted by Gasteiger charge is -2.23. The number of fused-ring (bicyclic) bond motifs is 1. The van der Waals surface area contributed by atoms with Gasteiger partial charge in [0.25, 0.3) is 0 Å². The Morgan fingerprint density at radius 2 is 1.75 bits per heavy atom. The first-order chi connectivity index (χ1) is 13.6. The summed E-state index contributed by atoms with van der Waals surface area (Å²) < 4.78 is 7.95. The van der Waals surface area contributed by atoms with E-state index in [0.717, 1.165) is 48.1 Å². The summed E-state index contributed by atoms with van der Waals surface area (Å²) in [4.78, 5) is 13.1. The van der Waals surface area contributed by atoms with Crippen molar-refractivity contribution < 1.29 is 4.74 Å². The van der Waals surface area contributed by atoms with Gasteiger partial charge in [-0.2, -0.15) is 0 Å². The molecule has 2 aromatic rings. The second-order valence-corrected chi connectivity index (χ2v) is 6.62. The van der Waals surface area contributed by atoms with E-state index in [1.807, 2.05) is 45.0 Å². The summed E-state index contributed by atoms with van der Waals surface area (Å²) in [7, 11) is 2.07. The van der Waals surface area contributed by atoms with Crippen molar-refractivity contribution in [3.63, 3.8) is 0 Å². The Labute approximate surface area is 168 Å². The van der Waals surface area contributed by atoms with Crippen LogP contribution in [0.25, 0.3) is 11.1 Å². The number of aromatic nitrogens is 1. The van der Waals surface area contributed by atoms with Gasteiger partial charge >= 0.3 is 0 Å². The van der Waals surface area contributed by atoms with Crippen LogP contribution < -0.4 is 10.2 Å². The quantitative estimate of drug-likeness (QED) is 0.480. The summed E-state index contributed by atoms with van der Waals surface area (Å²) in [6, 6.07) is 7.66. The Morgan fingerprint density at radius 1 is 1.11 bits per heavy atom. The van der Waals surface area contributed by atoms with Crippen LogP contribution >= 0.6 is 0 Å². The van der Waals surface area contributed by atoms with Gasteiger partial charge in [0.05, 0.1) is 0 Å². The highest BCUT2D eigenvalue weighted by Gasteiger charge is 2.21. The third-order valence-corrected chi connectivity index (χ3v) is 5.07. The fraction of sp³-hybridized carbons (Fsp3) is 0.320. The first-order valence-corrected chi connectivity index (χ1v) is 10.0.